The van der Waals surface area contributed by atoms with E-state index < -0.39 is 0 Å². The normalized spacial score (nSPS) is 28.1. The molecule has 2 heterocycles. The molecule has 3 rings (SSSR count). The van der Waals surface area contributed by atoms with Gasteiger partial charge in [0.15, 0.2) is 0 Å². The number of nitrogens with zero attached hydrogens (tertiary/aromatic N) is 1. The van der Waals surface area contributed by atoms with E-state index in [9.17, 15) is 4.39 Å². The highest BCUT2D eigenvalue weighted by Gasteiger charge is 2.35. The molecule has 0 saturated carbocycles. The predicted octanol–water partition coefficient (Wildman–Crippen LogP) is 3.17. The summed E-state index contributed by atoms with van der Waals surface area (Å²) in [6.07, 6.45) is 5.03. The molecule has 2 fully saturated rings. The minimum atomic E-state index is -0.130. The van der Waals surface area contributed by atoms with Crippen LogP contribution in [-0.4, -0.2) is 30.1 Å². The third kappa shape index (κ3) is 2.24. The second-order valence-electron chi connectivity index (χ2n) is 5.62. The second-order valence-corrected chi connectivity index (χ2v) is 5.62. The van der Waals surface area contributed by atoms with Crippen molar-refractivity contribution in [2.24, 2.45) is 0 Å². The summed E-state index contributed by atoms with van der Waals surface area (Å²) in [7, 11) is 0. The van der Waals surface area contributed by atoms with Gasteiger partial charge in [0.1, 0.15) is 5.82 Å². The van der Waals surface area contributed by atoms with E-state index in [2.05, 4.69) is 10.2 Å². The fourth-order valence-corrected chi connectivity index (χ4v) is 3.37. The molecule has 2 nitrogen and oxygen atoms in total. The largest absolute Gasteiger partial charge is 0.378 e. The van der Waals surface area contributed by atoms with Crippen molar-refractivity contribution in [1.29, 1.82) is 0 Å². The first-order chi connectivity index (χ1) is 8.74. The molecule has 2 aliphatic heterocycles. The minimum Gasteiger partial charge on any atom is -0.378 e. The Morgan fingerprint density at radius 1 is 1.22 bits per heavy atom. The molecule has 2 atom stereocenters. The SMILES string of the molecule is Cc1ccc(F)c(NC2CCN3CCCCC23)c1. The second kappa shape index (κ2) is 4.88. The summed E-state index contributed by atoms with van der Waals surface area (Å²) >= 11 is 0. The number of halogens is 1. The van der Waals surface area contributed by atoms with Gasteiger partial charge in [-0.2, -0.15) is 0 Å². The fraction of sp³-hybridized carbons (Fsp3) is 0.600. The summed E-state index contributed by atoms with van der Waals surface area (Å²) < 4.78 is 13.8. The number of hydrogen-bond donors (Lipinski definition) is 1. The van der Waals surface area contributed by atoms with E-state index in [1.807, 2.05) is 19.1 Å². The van der Waals surface area contributed by atoms with E-state index in [-0.39, 0.29) is 5.82 Å². The highest BCUT2D eigenvalue weighted by Crippen LogP contribution is 2.30. The van der Waals surface area contributed by atoms with Crippen LogP contribution in [-0.2, 0) is 0 Å². The maximum atomic E-state index is 13.8. The van der Waals surface area contributed by atoms with Crippen molar-refractivity contribution >= 4 is 5.69 Å². The third-order valence-electron chi connectivity index (χ3n) is 4.32. The van der Waals surface area contributed by atoms with Crippen LogP contribution in [0.15, 0.2) is 18.2 Å². The molecule has 2 aliphatic rings. The van der Waals surface area contributed by atoms with E-state index in [4.69, 9.17) is 0 Å². The molecule has 0 radical (unpaired) electrons. The number of benzene rings is 1. The van der Waals surface area contributed by atoms with Crippen molar-refractivity contribution in [3.05, 3.63) is 29.6 Å². The number of rotatable bonds is 2. The fourth-order valence-electron chi connectivity index (χ4n) is 3.37. The van der Waals surface area contributed by atoms with Crippen LogP contribution in [0.4, 0.5) is 10.1 Å². The van der Waals surface area contributed by atoms with Crippen molar-refractivity contribution in [2.45, 2.75) is 44.7 Å². The van der Waals surface area contributed by atoms with E-state index in [0.29, 0.717) is 17.8 Å². The van der Waals surface area contributed by atoms with Crippen molar-refractivity contribution < 1.29 is 4.39 Å². The Morgan fingerprint density at radius 2 is 2.11 bits per heavy atom. The van der Waals surface area contributed by atoms with Gasteiger partial charge in [-0.1, -0.05) is 12.5 Å². The van der Waals surface area contributed by atoms with Crippen LogP contribution in [0.2, 0.25) is 0 Å². The number of fused-ring (bicyclic) bond motifs is 1. The lowest BCUT2D eigenvalue weighted by Crippen LogP contribution is -2.41. The Hall–Kier alpha value is -1.09. The first kappa shape index (κ1) is 12.0. The van der Waals surface area contributed by atoms with Crippen LogP contribution in [0.1, 0.15) is 31.2 Å². The van der Waals surface area contributed by atoms with Gasteiger partial charge in [0, 0.05) is 18.6 Å². The van der Waals surface area contributed by atoms with E-state index >= 15 is 0 Å². The van der Waals surface area contributed by atoms with Gasteiger partial charge in [-0.25, -0.2) is 4.39 Å². The van der Waals surface area contributed by atoms with E-state index in [0.717, 1.165) is 18.5 Å². The van der Waals surface area contributed by atoms with Crippen molar-refractivity contribution in [3.8, 4) is 0 Å². The highest BCUT2D eigenvalue weighted by molar-refractivity contribution is 5.48. The average Bonchev–Trinajstić information content (AvgIpc) is 2.78. The Balaban J connectivity index is 1.74. The maximum absolute atomic E-state index is 13.8. The summed E-state index contributed by atoms with van der Waals surface area (Å²) in [5, 5.41) is 3.43. The molecule has 0 amide bonds. The number of nitrogens with one attached hydrogen (secondary N) is 1. The monoisotopic (exact) mass is 248 g/mol. The Kier molecular flexibility index (Phi) is 3.25. The van der Waals surface area contributed by atoms with Crippen LogP contribution >= 0.6 is 0 Å². The average molecular weight is 248 g/mol. The maximum Gasteiger partial charge on any atom is 0.146 e. The van der Waals surface area contributed by atoms with Crippen LogP contribution in [0.3, 0.4) is 0 Å². The van der Waals surface area contributed by atoms with Crippen LogP contribution in [0.25, 0.3) is 0 Å². The zero-order valence-electron chi connectivity index (χ0n) is 11.0. The molecule has 2 unspecified atom stereocenters. The molecule has 1 aromatic rings. The standard InChI is InChI=1S/C15H21FN2/c1-11-5-6-12(16)14(10-11)17-13-7-9-18-8-3-2-4-15(13)18/h5-6,10,13,15,17H,2-4,7-9H2,1H3. The lowest BCUT2D eigenvalue weighted by Gasteiger charge is -2.33. The van der Waals surface area contributed by atoms with Gasteiger partial charge in [-0.05, 0) is 50.4 Å². The predicted molar refractivity (Wildman–Crippen MR) is 72.4 cm³/mol. The number of piperidine rings is 1. The van der Waals surface area contributed by atoms with Crippen molar-refractivity contribution in [3.63, 3.8) is 0 Å². The summed E-state index contributed by atoms with van der Waals surface area (Å²) in [5.41, 5.74) is 1.78. The van der Waals surface area contributed by atoms with Crippen LogP contribution in [0, 0.1) is 12.7 Å². The molecule has 3 heteroatoms. The lowest BCUT2D eigenvalue weighted by molar-refractivity contribution is 0.192. The topological polar surface area (TPSA) is 15.3 Å². The molecule has 98 valence electrons. The third-order valence-corrected chi connectivity index (χ3v) is 4.32. The molecule has 0 spiro atoms. The van der Waals surface area contributed by atoms with Crippen molar-refractivity contribution in [2.75, 3.05) is 18.4 Å². The molecular weight excluding hydrogens is 227 g/mol. The molecule has 1 N–H and O–H groups in total. The lowest BCUT2D eigenvalue weighted by atomic mass is 9.99. The molecule has 2 saturated heterocycles. The molecule has 18 heavy (non-hydrogen) atoms. The zero-order valence-corrected chi connectivity index (χ0v) is 11.0. The zero-order chi connectivity index (χ0) is 12.5. The summed E-state index contributed by atoms with van der Waals surface area (Å²) in [4.78, 5) is 2.56. The quantitative estimate of drug-likeness (QED) is 0.864. The van der Waals surface area contributed by atoms with Crippen molar-refractivity contribution in [1.82, 2.24) is 4.90 Å². The van der Waals surface area contributed by atoms with Gasteiger partial charge in [0.2, 0.25) is 0 Å². The Morgan fingerprint density at radius 3 is 3.00 bits per heavy atom. The van der Waals surface area contributed by atoms with Crippen LogP contribution < -0.4 is 5.32 Å². The molecule has 0 aliphatic carbocycles. The van der Waals surface area contributed by atoms with Gasteiger partial charge in [0.25, 0.3) is 0 Å². The Labute approximate surface area is 108 Å². The van der Waals surface area contributed by atoms with Gasteiger partial charge in [-0.3, -0.25) is 4.90 Å². The molecule has 0 bridgehead atoms. The summed E-state index contributed by atoms with van der Waals surface area (Å²) in [5.74, 6) is -0.130. The number of hydrogen-bond acceptors (Lipinski definition) is 2. The summed E-state index contributed by atoms with van der Waals surface area (Å²) in [6, 6.07) is 6.33. The minimum absolute atomic E-state index is 0.130. The van der Waals surface area contributed by atoms with Gasteiger partial charge < -0.3 is 5.32 Å². The summed E-state index contributed by atoms with van der Waals surface area (Å²) in [6.45, 7) is 4.39. The van der Waals surface area contributed by atoms with E-state index in [1.54, 1.807) is 6.07 Å². The number of anilines is 1. The molecule has 0 aromatic heterocycles. The molecular formula is C15H21FN2. The smallest absolute Gasteiger partial charge is 0.146 e. The first-order valence-corrected chi connectivity index (χ1v) is 7.01. The molecule has 1 aromatic carbocycles. The van der Waals surface area contributed by atoms with Gasteiger partial charge >= 0.3 is 0 Å². The van der Waals surface area contributed by atoms with E-state index in [1.165, 1.54) is 25.8 Å². The first-order valence-electron chi connectivity index (χ1n) is 7.01. The van der Waals surface area contributed by atoms with Crippen LogP contribution in [0.5, 0.6) is 0 Å². The highest BCUT2D eigenvalue weighted by atomic mass is 19.1. The van der Waals surface area contributed by atoms with Gasteiger partial charge in [0.05, 0.1) is 5.69 Å². The van der Waals surface area contributed by atoms with Gasteiger partial charge in [-0.15, -0.1) is 0 Å². The number of aryl methyl sites for hydroxylation is 1. The Bertz CT molecular complexity index is 433.